The molecule has 1 N–H and O–H groups in total. The lowest BCUT2D eigenvalue weighted by atomic mass is 9.97. The first kappa shape index (κ1) is 14.8. The Morgan fingerprint density at radius 2 is 2.05 bits per heavy atom. The van der Waals surface area contributed by atoms with Gasteiger partial charge in [-0.2, -0.15) is 0 Å². The Balaban J connectivity index is 1.75. The van der Waals surface area contributed by atoms with E-state index in [-0.39, 0.29) is 5.54 Å². The number of hydrogen-bond acceptors (Lipinski definition) is 2. The SMILES string of the molecule is CNCC1(C)CCCN1C(=O)CCCC1CCCC1. The molecule has 0 spiro atoms. The fourth-order valence-corrected chi connectivity index (χ4v) is 3.99. The summed E-state index contributed by atoms with van der Waals surface area (Å²) in [4.78, 5) is 14.5. The van der Waals surface area contributed by atoms with Crippen molar-refractivity contribution in [2.75, 3.05) is 20.1 Å². The molecule has 19 heavy (non-hydrogen) atoms. The molecular weight excluding hydrogens is 236 g/mol. The molecule has 1 aliphatic heterocycles. The van der Waals surface area contributed by atoms with Gasteiger partial charge in [-0.25, -0.2) is 0 Å². The smallest absolute Gasteiger partial charge is 0.223 e. The molecule has 1 atom stereocenters. The maximum atomic E-state index is 12.4. The van der Waals surface area contributed by atoms with Crippen molar-refractivity contribution >= 4 is 5.91 Å². The van der Waals surface area contributed by atoms with Gasteiger partial charge in [0, 0.05) is 19.5 Å². The summed E-state index contributed by atoms with van der Waals surface area (Å²) >= 11 is 0. The second-order valence-electron chi connectivity index (χ2n) is 6.72. The van der Waals surface area contributed by atoms with Gasteiger partial charge in [0.1, 0.15) is 0 Å². The summed E-state index contributed by atoms with van der Waals surface area (Å²) in [5.74, 6) is 1.29. The standard InChI is InChI=1S/C16H30N2O/c1-16(13-17-2)11-6-12-18(16)15(19)10-5-9-14-7-3-4-8-14/h14,17H,3-13H2,1-2H3. The van der Waals surface area contributed by atoms with Gasteiger partial charge in [0.15, 0.2) is 0 Å². The van der Waals surface area contributed by atoms with E-state index in [1.54, 1.807) is 0 Å². The van der Waals surface area contributed by atoms with E-state index in [4.69, 9.17) is 0 Å². The topological polar surface area (TPSA) is 32.3 Å². The third kappa shape index (κ3) is 3.71. The number of nitrogens with zero attached hydrogens (tertiary/aromatic N) is 1. The van der Waals surface area contributed by atoms with Crippen molar-refractivity contribution in [2.45, 2.75) is 70.3 Å². The zero-order valence-corrected chi connectivity index (χ0v) is 12.7. The summed E-state index contributed by atoms with van der Waals surface area (Å²) in [6, 6.07) is 0. The lowest BCUT2D eigenvalue weighted by Crippen LogP contribution is -2.50. The van der Waals surface area contributed by atoms with Gasteiger partial charge >= 0.3 is 0 Å². The van der Waals surface area contributed by atoms with Crippen LogP contribution in [0.4, 0.5) is 0 Å². The van der Waals surface area contributed by atoms with Gasteiger partial charge in [-0.05, 0) is 45.6 Å². The Bertz CT molecular complexity index is 299. The third-order valence-corrected chi connectivity index (χ3v) is 5.09. The summed E-state index contributed by atoms with van der Waals surface area (Å²) in [5.41, 5.74) is 0.0548. The van der Waals surface area contributed by atoms with Crippen LogP contribution >= 0.6 is 0 Å². The van der Waals surface area contributed by atoms with Crippen molar-refractivity contribution < 1.29 is 4.79 Å². The van der Waals surface area contributed by atoms with Crippen LogP contribution in [0.1, 0.15) is 64.7 Å². The van der Waals surface area contributed by atoms with Crippen molar-refractivity contribution in [2.24, 2.45) is 5.92 Å². The fraction of sp³-hybridized carbons (Fsp3) is 0.938. The molecule has 0 aromatic carbocycles. The minimum Gasteiger partial charge on any atom is -0.336 e. The van der Waals surface area contributed by atoms with Crippen LogP contribution in [0.5, 0.6) is 0 Å². The second-order valence-corrected chi connectivity index (χ2v) is 6.72. The van der Waals surface area contributed by atoms with Crippen LogP contribution < -0.4 is 5.32 Å². The molecule has 1 saturated carbocycles. The number of amides is 1. The average Bonchev–Trinajstić information content (AvgIpc) is 2.99. The zero-order chi connectivity index (χ0) is 13.7. The van der Waals surface area contributed by atoms with Gasteiger partial charge < -0.3 is 10.2 Å². The van der Waals surface area contributed by atoms with E-state index in [0.29, 0.717) is 5.91 Å². The van der Waals surface area contributed by atoms with E-state index in [1.165, 1.54) is 32.1 Å². The zero-order valence-electron chi connectivity index (χ0n) is 12.7. The molecule has 0 radical (unpaired) electrons. The Kier molecular flexibility index (Phi) is 5.26. The number of rotatable bonds is 6. The maximum absolute atomic E-state index is 12.4. The molecule has 0 aromatic rings. The minimum atomic E-state index is 0.0548. The second kappa shape index (κ2) is 6.74. The van der Waals surface area contributed by atoms with E-state index >= 15 is 0 Å². The molecule has 0 bridgehead atoms. The molecule has 2 aliphatic rings. The van der Waals surface area contributed by atoms with Crippen LogP contribution in [0.25, 0.3) is 0 Å². The summed E-state index contributed by atoms with van der Waals surface area (Å²) < 4.78 is 0. The number of hydrogen-bond donors (Lipinski definition) is 1. The van der Waals surface area contributed by atoms with Crippen LogP contribution in [0, 0.1) is 5.92 Å². The maximum Gasteiger partial charge on any atom is 0.223 e. The Labute approximate surface area is 118 Å². The van der Waals surface area contributed by atoms with E-state index < -0.39 is 0 Å². The lowest BCUT2D eigenvalue weighted by molar-refractivity contribution is -0.134. The minimum absolute atomic E-state index is 0.0548. The van der Waals surface area contributed by atoms with Gasteiger partial charge in [-0.1, -0.05) is 25.7 Å². The summed E-state index contributed by atoms with van der Waals surface area (Å²) in [7, 11) is 1.98. The molecule has 1 saturated heterocycles. The molecule has 1 amide bonds. The first-order valence-electron chi connectivity index (χ1n) is 8.11. The third-order valence-electron chi connectivity index (χ3n) is 5.09. The predicted octanol–water partition coefficient (Wildman–Crippen LogP) is 2.95. The number of carbonyl (C=O) groups is 1. The summed E-state index contributed by atoms with van der Waals surface area (Å²) in [6.45, 7) is 4.10. The van der Waals surface area contributed by atoms with Crippen LogP contribution in [0.15, 0.2) is 0 Å². The number of nitrogens with one attached hydrogen (secondary N) is 1. The molecule has 2 rings (SSSR count). The molecular formula is C16H30N2O. The first-order chi connectivity index (χ1) is 9.15. The van der Waals surface area contributed by atoms with Crippen LogP contribution in [0.2, 0.25) is 0 Å². The van der Waals surface area contributed by atoms with Crippen molar-refractivity contribution in [3.05, 3.63) is 0 Å². The number of carbonyl (C=O) groups excluding carboxylic acids is 1. The van der Waals surface area contributed by atoms with Gasteiger partial charge in [0.05, 0.1) is 5.54 Å². The molecule has 1 unspecified atom stereocenters. The van der Waals surface area contributed by atoms with Gasteiger partial charge in [0.2, 0.25) is 5.91 Å². The number of likely N-dealkylation sites (tertiary alicyclic amines) is 1. The van der Waals surface area contributed by atoms with Gasteiger partial charge in [-0.15, -0.1) is 0 Å². The van der Waals surface area contributed by atoms with Gasteiger partial charge in [0.25, 0.3) is 0 Å². The van der Waals surface area contributed by atoms with E-state index in [0.717, 1.165) is 44.7 Å². The van der Waals surface area contributed by atoms with Crippen molar-refractivity contribution in [1.29, 1.82) is 0 Å². The monoisotopic (exact) mass is 266 g/mol. The summed E-state index contributed by atoms with van der Waals surface area (Å²) in [5, 5.41) is 3.24. The average molecular weight is 266 g/mol. The van der Waals surface area contributed by atoms with E-state index in [1.807, 2.05) is 7.05 Å². The highest BCUT2D eigenvalue weighted by Crippen LogP contribution is 2.31. The Morgan fingerprint density at radius 3 is 2.74 bits per heavy atom. The fourth-order valence-electron chi connectivity index (χ4n) is 3.99. The van der Waals surface area contributed by atoms with Crippen LogP contribution in [-0.2, 0) is 4.79 Å². The predicted molar refractivity (Wildman–Crippen MR) is 79.1 cm³/mol. The summed E-state index contributed by atoms with van der Waals surface area (Å²) in [6.07, 6.45) is 11.0. The van der Waals surface area contributed by atoms with E-state index in [9.17, 15) is 4.79 Å². The number of likely N-dealkylation sites (N-methyl/N-ethyl adjacent to an activating group) is 1. The van der Waals surface area contributed by atoms with Crippen LogP contribution in [0.3, 0.4) is 0 Å². The molecule has 3 heteroatoms. The quantitative estimate of drug-likeness (QED) is 0.801. The van der Waals surface area contributed by atoms with Crippen molar-refractivity contribution in [3.63, 3.8) is 0 Å². The molecule has 1 heterocycles. The normalized spacial score (nSPS) is 28.2. The van der Waals surface area contributed by atoms with Crippen molar-refractivity contribution in [1.82, 2.24) is 10.2 Å². The molecule has 110 valence electrons. The lowest BCUT2D eigenvalue weighted by Gasteiger charge is -2.35. The molecule has 2 fully saturated rings. The highest BCUT2D eigenvalue weighted by molar-refractivity contribution is 5.77. The van der Waals surface area contributed by atoms with Crippen LogP contribution in [-0.4, -0.2) is 36.5 Å². The largest absolute Gasteiger partial charge is 0.336 e. The van der Waals surface area contributed by atoms with E-state index in [2.05, 4.69) is 17.1 Å². The van der Waals surface area contributed by atoms with Gasteiger partial charge in [-0.3, -0.25) is 4.79 Å². The van der Waals surface area contributed by atoms with Crippen molar-refractivity contribution in [3.8, 4) is 0 Å². The Hall–Kier alpha value is -0.570. The highest BCUT2D eigenvalue weighted by atomic mass is 16.2. The Morgan fingerprint density at radius 1 is 1.32 bits per heavy atom. The molecule has 3 nitrogen and oxygen atoms in total. The molecule has 1 aliphatic carbocycles. The molecule has 0 aromatic heterocycles. The highest BCUT2D eigenvalue weighted by Gasteiger charge is 2.38. The first-order valence-corrected chi connectivity index (χ1v) is 8.11.